The number of nitrogens with zero attached hydrogens (tertiary/aromatic N) is 1. The molecular weight excluding hydrogens is 552 g/mol. The summed E-state index contributed by atoms with van der Waals surface area (Å²) >= 11 is 0. The average Bonchev–Trinajstić information content (AvgIpc) is 3.34. The van der Waals surface area contributed by atoms with Crippen molar-refractivity contribution in [2.45, 2.75) is 49.6 Å². The number of benzene rings is 3. The zero-order valence-electron chi connectivity index (χ0n) is 24.5. The summed E-state index contributed by atoms with van der Waals surface area (Å²) in [5, 5.41) is 11.2. The molecule has 0 aliphatic carbocycles. The highest BCUT2D eigenvalue weighted by Crippen LogP contribution is 2.43. The maximum Gasteiger partial charge on any atom is 0.330 e. The SMILES string of the molecule is COc1ccc(C(O[C@H](C)C[C@H]2O[C@@H](n3ccc(=O)[nH]c3=O)[C@H](OC)[C@@H]2O)(c2ccccc2)c2ccc(OC)cc2)cc1. The van der Waals surface area contributed by atoms with Crippen molar-refractivity contribution in [3.05, 3.63) is 129 Å². The lowest BCUT2D eigenvalue weighted by molar-refractivity contribution is -0.0885. The van der Waals surface area contributed by atoms with Gasteiger partial charge >= 0.3 is 5.69 Å². The summed E-state index contributed by atoms with van der Waals surface area (Å²) in [5.41, 5.74) is 0.408. The van der Waals surface area contributed by atoms with Gasteiger partial charge in [0.1, 0.15) is 29.3 Å². The van der Waals surface area contributed by atoms with Gasteiger partial charge in [-0.1, -0.05) is 54.6 Å². The minimum absolute atomic E-state index is 0.274. The number of methoxy groups -OCH3 is 3. The monoisotopic (exact) mass is 588 g/mol. The first-order chi connectivity index (χ1) is 20.8. The smallest absolute Gasteiger partial charge is 0.330 e. The molecule has 2 heterocycles. The number of aromatic nitrogens is 2. The van der Waals surface area contributed by atoms with Crippen LogP contribution >= 0.6 is 0 Å². The molecule has 1 aliphatic rings. The van der Waals surface area contributed by atoms with Gasteiger partial charge in [-0.25, -0.2) is 4.79 Å². The van der Waals surface area contributed by atoms with Crippen LogP contribution in [-0.2, 0) is 19.8 Å². The van der Waals surface area contributed by atoms with Crippen LogP contribution in [0.2, 0.25) is 0 Å². The van der Waals surface area contributed by atoms with Crippen molar-refractivity contribution in [1.29, 1.82) is 0 Å². The molecule has 1 saturated heterocycles. The van der Waals surface area contributed by atoms with Gasteiger partial charge in [0.15, 0.2) is 6.23 Å². The third-order valence-corrected chi connectivity index (χ3v) is 7.83. The second kappa shape index (κ2) is 13.0. The molecule has 0 radical (unpaired) electrons. The van der Waals surface area contributed by atoms with Crippen molar-refractivity contribution in [2.24, 2.45) is 0 Å². The van der Waals surface area contributed by atoms with Gasteiger partial charge in [0.05, 0.1) is 26.4 Å². The standard InChI is InChI=1S/C33H36N2O8/c1-21(20-27-29(37)30(41-4)31(42-27)35-19-18-28(36)34-32(35)38)43-33(22-8-6-5-7-9-22,23-10-14-25(39-2)15-11-23)24-12-16-26(40-3)17-13-24/h5-19,21,27,29-31,37H,20H2,1-4H3,(H,34,36,38)/t21-,27-,29-,30-,31-/m1/s1. The molecule has 10 heteroatoms. The molecule has 0 bridgehead atoms. The number of nitrogens with one attached hydrogen (secondary N) is 1. The molecule has 0 unspecified atom stereocenters. The molecule has 3 aromatic carbocycles. The predicted molar refractivity (Wildman–Crippen MR) is 160 cm³/mol. The maximum atomic E-state index is 12.5. The van der Waals surface area contributed by atoms with Gasteiger partial charge in [0.25, 0.3) is 5.56 Å². The van der Waals surface area contributed by atoms with Gasteiger partial charge in [-0.15, -0.1) is 0 Å². The Labute approximate surface area is 249 Å². The summed E-state index contributed by atoms with van der Waals surface area (Å²) in [6.07, 6.45) is -2.44. The Morgan fingerprint density at radius 3 is 1.93 bits per heavy atom. The Hall–Kier alpha value is -4.22. The Balaban J connectivity index is 1.52. The van der Waals surface area contributed by atoms with Crippen molar-refractivity contribution < 1.29 is 28.8 Å². The summed E-state index contributed by atoms with van der Waals surface area (Å²) in [7, 11) is 4.68. The van der Waals surface area contributed by atoms with Gasteiger partial charge < -0.3 is 28.8 Å². The Bertz CT molecular complexity index is 1550. The molecule has 0 spiro atoms. The van der Waals surface area contributed by atoms with Gasteiger partial charge in [0.2, 0.25) is 0 Å². The number of ether oxygens (including phenoxy) is 5. The summed E-state index contributed by atoms with van der Waals surface area (Å²) in [4.78, 5) is 26.4. The third-order valence-electron chi connectivity index (χ3n) is 7.83. The largest absolute Gasteiger partial charge is 0.497 e. The fraction of sp³-hybridized carbons (Fsp3) is 0.333. The van der Waals surface area contributed by atoms with Crippen LogP contribution < -0.4 is 20.7 Å². The van der Waals surface area contributed by atoms with Crippen LogP contribution in [-0.4, -0.2) is 60.4 Å². The number of hydrogen-bond acceptors (Lipinski definition) is 8. The molecule has 10 nitrogen and oxygen atoms in total. The zero-order chi connectivity index (χ0) is 30.6. The van der Waals surface area contributed by atoms with Gasteiger partial charge in [-0.3, -0.25) is 14.3 Å². The van der Waals surface area contributed by atoms with E-state index in [1.165, 1.54) is 23.9 Å². The summed E-state index contributed by atoms with van der Waals surface area (Å²) in [6, 6.07) is 26.6. The quantitative estimate of drug-likeness (QED) is 0.255. The summed E-state index contributed by atoms with van der Waals surface area (Å²) < 4.78 is 30.9. The van der Waals surface area contributed by atoms with E-state index in [2.05, 4.69) is 4.98 Å². The van der Waals surface area contributed by atoms with E-state index in [0.29, 0.717) is 11.5 Å². The molecule has 1 aliphatic heterocycles. The van der Waals surface area contributed by atoms with E-state index in [0.717, 1.165) is 16.7 Å². The number of hydrogen-bond donors (Lipinski definition) is 2. The first-order valence-electron chi connectivity index (χ1n) is 14.0. The molecule has 226 valence electrons. The normalized spacial score (nSPS) is 21.0. The lowest BCUT2D eigenvalue weighted by Crippen LogP contribution is -2.40. The Kier molecular flexibility index (Phi) is 9.12. The van der Waals surface area contributed by atoms with E-state index >= 15 is 0 Å². The molecule has 43 heavy (non-hydrogen) atoms. The maximum absolute atomic E-state index is 12.5. The highest BCUT2D eigenvalue weighted by Gasteiger charge is 2.47. The highest BCUT2D eigenvalue weighted by atomic mass is 16.6. The topological polar surface area (TPSA) is 121 Å². The number of aliphatic hydroxyl groups is 1. The molecular formula is C33H36N2O8. The van der Waals surface area contributed by atoms with E-state index in [1.54, 1.807) is 14.2 Å². The molecule has 0 amide bonds. The minimum atomic E-state index is -1.06. The first kappa shape index (κ1) is 30.2. The molecule has 1 fully saturated rings. The van der Waals surface area contributed by atoms with E-state index < -0.39 is 47.5 Å². The van der Waals surface area contributed by atoms with Crippen LogP contribution in [0.15, 0.2) is 101 Å². The van der Waals surface area contributed by atoms with Crippen molar-refractivity contribution in [3.8, 4) is 11.5 Å². The molecule has 2 N–H and O–H groups in total. The van der Waals surface area contributed by atoms with E-state index in [-0.39, 0.29) is 6.42 Å². The van der Waals surface area contributed by atoms with Crippen LogP contribution in [0.5, 0.6) is 11.5 Å². The second-order valence-electron chi connectivity index (χ2n) is 10.4. The van der Waals surface area contributed by atoms with Crippen molar-refractivity contribution in [3.63, 3.8) is 0 Å². The third kappa shape index (κ3) is 6.00. The van der Waals surface area contributed by atoms with Crippen LogP contribution in [0.4, 0.5) is 0 Å². The highest BCUT2D eigenvalue weighted by molar-refractivity contribution is 5.49. The van der Waals surface area contributed by atoms with E-state index in [1.807, 2.05) is 85.8 Å². The van der Waals surface area contributed by atoms with Crippen LogP contribution in [0.25, 0.3) is 0 Å². The lowest BCUT2D eigenvalue weighted by Gasteiger charge is -2.39. The van der Waals surface area contributed by atoms with Gasteiger partial charge in [0, 0.05) is 25.8 Å². The summed E-state index contributed by atoms with van der Waals surface area (Å²) in [5.74, 6) is 1.43. The molecule has 5 atom stereocenters. The van der Waals surface area contributed by atoms with Crippen LogP contribution in [0.3, 0.4) is 0 Å². The second-order valence-corrected chi connectivity index (χ2v) is 10.4. The Morgan fingerprint density at radius 1 is 0.860 bits per heavy atom. The van der Waals surface area contributed by atoms with Crippen molar-refractivity contribution >= 4 is 0 Å². The van der Waals surface area contributed by atoms with Crippen molar-refractivity contribution in [1.82, 2.24) is 9.55 Å². The lowest BCUT2D eigenvalue weighted by atomic mass is 9.79. The fourth-order valence-electron chi connectivity index (χ4n) is 5.73. The average molecular weight is 589 g/mol. The number of aliphatic hydroxyl groups excluding tert-OH is 1. The number of H-pyrrole nitrogens is 1. The predicted octanol–water partition coefficient (Wildman–Crippen LogP) is 3.61. The van der Waals surface area contributed by atoms with Gasteiger partial charge in [-0.2, -0.15) is 0 Å². The molecule has 0 saturated carbocycles. The van der Waals surface area contributed by atoms with E-state index in [4.69, 9.17) is 23.7 Å². The molecule has 5 rings (SSSR count). The summed E-state index contributed by atoms with van der Waals surface area (Å²) in [6.45, 7) is 1.92. The minimum Gasteiger partial charge on any atom is -0.497 e. The van der Waals surface area contributed by atoms with E-state index in [9.17, 15) is 14.7 Å². The first-order valence-corrected chi connectivity index (χ1v) is 14.0. The number of rotatable bonds is 11. The van der Waals surface area contributed by atoms with Gasteiger partial charge in [-0.05, 0) is 47.9 Å². The number of aromatic amines is 1. The fourth-order valence-corrected chi connectivity index (χ4v) is 5.73. The molecule has 1 aromatic heterocycles. The van der Waals surface area contributed by atoms with Crippen LogP contribution in [0, 0.1) is 0 Å². The van der Waals surface area contributed by atoms with Crippen LogP contribution in [0.1, 0.15) is 36.3 Å². The molecule has 4 aromatic rings. The van der Waals surface area contributed by atoms with Crippen molar-refractivity contribution in [2.75, 3.05) is 21.3 Å². The zero-order valence-corrected chi connectivity index (χ0v) is 24.5. The Morgan fingerprint density at radius 2 is 1.42 bits per heavy atom.